The van der Waals surface area contributed by atoms with E-state index in [4.69, 9.17) is 16.6 Å². The van der Waals surface area contributed by atoms with Crippen LogP contribution in [0, 0.1) is 20.8 Å². The molecule has 1 atom stereocenters. The molecule has 4 aromatic heterocycles. The number of aromatic hydroxyl groups is 1. The molecule has 39 heavy (non-hydrogen) atoms. The summed E-state index contributed by atoms with van der Waals surface area (Å²) < 4.78 is 3.19. The number of aliphatic imine (C=N–C) groups is 1. The number of amides is 1. The van der Waals surface area contributed by atoms with Gasteiger partial charge in [-0.25, -0.2) is 4.98 Å². The van der Waals surface area contributed by atoms with E-state index in [0.29, 0.717) is 28.0 Å². The van der Waals surface area contributed by atoms with Crippen molar-refractivity contribution in [1.82, 2.24) is 24.1 Å². The summed E-state index contributed by atoms with van der Waals surface area (Å²) in [7, 11) is 0. The lowest BCUT2D eigenvalue weighted by molar-refractivity contribution is -0.116. The summed E-state index contributed by atoms with van der Waals surface area (Å²) in [5, 5.41) is 22.8. The Kier molecular flexibility index (Phi) is 6.04. The molecule has 0 spiro atoms. The van der Waals surface area contributed by atoms with E-state index in [2.05, 4.69) is 34.3 Å². The number of pyridine rings is 1. The maximum absolute atomic E-state index is 13.3. The molecule has 6 rings (SSSR count). The van der Waals surface area contributed by atoms with Crippen molar-refractivity contribution in [3.63, 3.8) is 0 Å². The third-order valence-corrected chi connectivity index (χ3v) is 8.16. The van der Waals surface area contributed by atoms with Gasteiger partial charge in [-0.3, -0.25) is 23.5 Å². The predicted octanol–water partition coefficient (Wildman–Crippen LogP) is 4.54. The number of nitrogens with one attached hydrogen (secondary N) is 1. The second-order valence-corrected chi connectivity index (χ2v) is 10.9. The fourth-order valence-corrected chi connectivity index (χ4v) is 6.00. The van der Waals surface area contributed by atoms with Gasteiger partial charge in [-0.05, 0) is 44.5 Å². The molecule has 0 radical (unpaired) electrons. The first-order valence-electron chi connectivity index (χ1n) is 12.1. The SMILES string of the molecule is Cc1sc2c(c1C)C(c1ccc(Cl)cc1)=N[C@@H](CC(=O)Nc1ccn3c(=O)c(O)cnc3c1)c1nnc(C)n1-2. The van der Waals surface area contributed by atoms with E-state index >= 15 is 0 Å². The highest BCUT2D eigenvalue weighted by molar-refractivity contribution is 7.15. The summed E-state index contributed by atoms with van der Waals surface area (Å²) in [6, 6.07) is 10.0. The lowest BCUT2D eigenvalue weighted by Crippen LogP contribution is -2.18. The average Bonchev–Trinajstić information content (AvgIpc) is 3.39. The number of hydrogen-bond donors (Lipinski definition) is 2. The van der Waals surface area contributed by atoms with Gasteiger partial charge in [0.05, 0.1) is 18.3 Å². The van der Waals surface area contributed by atoms with Crippen LogP contribution in [0.1, 0.15) is 45.7 Å². The highest BCUT2D eigenvalue weighted by Crippen LogP contribution is 2.39. The van der Waals surface area contributed by atoms with Crippen LogP contribution in [-0.4, -0.2) is 40.9 Å². The zero-order valence-electron chi connectivity index (χ0n) is 21.1. The van der Waals surface area contributed by atoms with E-state index < -0.39 is 17.4 Å². The van der Waals surface area contributed by atoms with Crippen LogP contribution in [0.5, 0.6) is 5.75 Å². The molecule has 10 nitrogen and oxygen atoms in total. The molecular formula is C27H22ClN7O3S. The van der Waals surface area contributed by atoms with Gasteiger partial charge < -0.3 is 10.4 Å². The van der Waals surface area contributed by atoms with Gasteiger partial charge in [-0.15, -0.1) is 21.5 Å². The quantitative estimate of drug-likeness (QED) is 0.333. The molecule has 0 aliphatic carbocycles. The van der Waals surface area contributed by atoms with E-state index in [1.807, 2.05) is 35.8 Å². The fourth-order valence-electron chi connectivity index (χ4n) is 4.66. The maximum atomic E-state index is 13.3. The minimum absolute atomic E-state index is 0.00316. The second kappa shape index (κ2) is 9.44. The van der Waals surface area contributed by atoms with Gasteiger partial charge in [0, 0.05) is 39.0 Å². The summed E-state index contributed by atoms with van der Waals surface area (Å²) in [5.41, 5.74) is 3.90. The Balaban J connectivity index is 1.40. The Morgan fingerprint density at radius 3 is 2.69 bits per heavy atom. The molecule has 196 valence electrons. The molecular weight excluding hydrogens is 538 g/mol. The molecule has 0 saturated heterocycles. The molecule has 1 amide bonds. The number of carbonyl (C=O) groups excluding carboxylic acids is 1. The smallest absolute Gasteiger partial charge is 0.300 e. The molecule has 0 fully saturated rings. The van der Waals surface area contributed by atoms with Crippen LogP contribution in [-0.2, 0) is 4.79 Å². The summed E-state index contributed by atoms with van der Waals surface area (Å²) in [6.45, 7) is 6.03. The van der Waals surface area contributed by atoms with E-state index in [-0.39, 0.29) is 12.3 Å². The number of thiophene rings is 1. The Morgan fingerprint density at radius 2 is 1.92 bits per heavy atom. The monoisotopic (exact) mass is 559 g/mol. The summed E-state index contributed by atoms with van der Waals surface area (Å²) in [6.07, 6.45) is 2.54. The van der Waals surface area contributed by atoms with Gasteiger partial charge >= 0.3 is 0 Å². The number of fused-ring (bicyclic) bond motifs is 4. The van der Waals surface area contributed by atoms with E-state index in [9.17, 15) is 14.7 Å². The summed E-state index contributed by atoms with van der Waals surface area (Å²) in [4.78, 5) is 35.7. The Bertz CT molecular complexity index is 1870. The number of aromatic nitrogens is 5. The molecule has 0 unspecified atom stereocenters. The van der Waals surface area contributed by atoms with Crippen LogP contribution >= 0.6 is 22.9 Å². The highest BCUT2D eigenvalue weighted by atomic mass is 35.5. The number of carbonyl (C=O) groups is 1. The topological polar surface area (TPSA) is 127 Å². The number of rotatable bonds is 4. The molecule has 2 N–H and O–H groups in total. The van der Waals surface area contributed by atoms with Crippen molar-refractivity contribution in [2.75, 3.05) is 5.32 Å². The number of anilines is 1. The Labute approximate surface area is 231 Å². The normalized spacial score (nSPS) is 14.5. The van der Waals surface area contributed by atoms with Crippen molar-refractivity contribution in [2.24, 2.45) is 4.99 Å². The van der Waals surface area contributed by atoms with Crippen LogP contribution in [0.2, 0.25) is 5.02 Å². The molecule has 0 saturated carbocycles. The maximum Gasteiger partial charge on any atom is 0.300 e. The molecule has 1 aliphatic heterocycles. The van der Waals surface area contributed by atoms with Gasteiger partial charge in [0.2, 0.25) is 11.7 Å². The van der Waals surface area contributed by atoms with Crippen molar-refractivity contribution in [1.29, 1.82) is 0 Å². The van der Waals surface area contributed by atoms with Crippen molar-refractivity contribution in [3.05, 3.63) is 97.4 Å². The number of aryl methyl sites for hydroxylation is 2. The lowest BCUT2D eigenvalue weighted by Gasteiger charge is -2.13. The first-order chi connectivity index (χ1) is 18.7. The van der Waals surface area contributed by atoms with Crippen LogP contribution in [0.4, 0.5) is 5.69 Å². The van der Waals surface area contributed by atoms with Crippen LogP contribution in [0.15, 0.2) is 58.6 Å². The molecule has 0 bridgehead atoms. The third-order valence-electron chi connectivity index (χ3n) is 6.71. The lowest BCUT2D eigenvalue weighted by atomic mass is 9.99. The third kappa shape index (κ3) is 4.29. The first kappa shape index (κ1) is 25.0. The molecule has 5 aromatic rings. The molecule has 5 heterocycles. The van der Waals surface area contributed by atoms with Crippen molar-refractivity contribution in [3.8, 4) is 10.8 Å². The largest absolute Gasteiger partial charge is 0.502 e. The predicted molar refractivity (Wildman–Crippen MR) is 150 cm³/mol. The molecule has 1 aromatic carbocycles. The Morgan fingerprint density at radius 1 is 1.15 bits per heavy atom. The number of benzene rings is 1. The van der Waals surface area contributed by atoms with Gasteiger partial charge in [0.15, 0.2) is 5.82 Å². The van der Waals surface area contributed by atoms with E-state index in [1.165, 1.54) is 10.6 Å². The highest BCUT2D eigenvalue weighted by Gasteiger charge is 2.32. The van der Waals surface area contributed by atoms with Gasteiger partial charge in [-0.2, -0.15) is 0 Å². The average molecular weight is 560 g/mol. The van der Waals surface area contributed by atoms with Crippen molar-refractivity contribution in [2.45, 2.75) is 33.2 Å². The second-order valence-electron chi connectivity index (χ2n) is 9.25. The van der Waals surface area contributed by atoms with Gasteiger partial charge in [0.1, 0.15) is 22.5 Å². The van der Waals surface area contributed by atoms with Crippen LogP contribution in [0.25, 0.3) is 10.6 Å². The zero-order chi connectivity index (χ0) is 27.4. The summed E-state index contributed by atoms with van der Waals surface area (Å²) in [5.74, 6) is 0.538. The minimum atomic E-state index is -0.616. The van der Waals surface area contributed by atoms with Crippen LogP contribution in [0.3, 0.4) is 0 Å². The van der Waals surface area contributed by atoms with Gasteiger partial charge in [-0.1, -0.05) is 23.7 Å². The number of halogens is 1. The zero-order valence-corrected chi connectivity index (χ0v) is 22.7. The first-order valence-corrected chi connectivity index (χ1v) is 13.3. The van der Waals surface area contributed by atoms with Gasteiger partial charge in [0.25, 0.3) is 5.56 Å². The van der Waals surface area contributed by atoms with E-state index in [1.54, 1.807) is 23.5 Å². The van der Waals surface area contributed by atoms with Crippen molar-refractivity contribution < 1.29 is 9.90 Å². The van der Waals surface area contributed by atoms with Crippen molar-refractivity contribution >= 4 is 45.9 Å². The number of nitrogens with zero attached hydrogens (tertiary/aromatic N) is 6. The summed E-state index contributed by atoms with van der Waals surface area (Å²) >= 11 is 7.82. The van der Waals surface area contributed by atoms with Crippen LogP contribution < -0.4 is 10.9 Å². The Hall–Kier alpha value is -4.35. The number of hydrogen-bond acceptors (Lipinski definition) is 8. The fraction of sp³-hybridized carbons (Fsp3) is 0.185. The minimum Gasteiger partial charge on any atom is -0.502 e. The molecule has 1 aliphatic rings. The molecule has 12 heteroatoms. The van der Waals surface area contributed by atoms with E-state index in [0.717, 1.165) is 38.5 Å². The standard InChI is InChI=1S/C27H22ClN7O3S/c1-13-14(2)39-27-23(13)24(16-4-6-17(28)7-5-16)31-19(25-33-32-15(3)35(25)27)11-22(37)30-18-8-9-34-21(10-18)29-12-20(36)26(34)38/h4-10,12,19,36H,11H2,1-3H3,(H,30,37)/t19-/m0/s1.